The van der Waals surface area contributed by atoms with E-state index in [0.717, 1.165) is 18.2 Å². The lowest BCUT2D eigenvalue weighted by Gasteiger charge is -2.08. The average Bonchev–Trinajstić information content (AvgIpc) is 2.63. The molecule has 18 heavy (non-hydrogen) atoms. The van der Waals surface area contributed by atoms with Crippen LogP contribution in [0.15, 0.2) is 0 Å². The molecule has 1 rings (SSSR count). The smallest absolute Gasteiger partial charge is 0.221 e. The molecule has 1 amide bonds. The Hall–Kier alpha value is -1.43. The van der Waals surface area contributed by atoms with Crippen LogP contribution in [0.4, 0.5) is 0 Å². The van der Waals surface area contributed by atoms with E-state index in [9.17, 15) is 4.79 Å². The highest BCUT2D eigenvalue weighted by Crippen LogP contribution is 1.96. The van der Waals surface area contributed by atoms with Crippen molar-refractivity contribution in [1.82, 2.24) is 25.4 Å². The van der Waals surface area contributed by atoms with Crippen molar-refractivity contribution in [1.29, 1.82) is 0 Å². The molecule has 1 aromatic rings. The number of amides is 1. The third kappa shape index (κ3) is 4.83. The monoisotopic (exact) mass is 253 g/mol. The molecule has 0 fully saturated rings. The van der Waals surface area contributed by atoms with Crippen LogP contribution in [0.5, 0.6) is 0 Å². The molecule has 6 nitrogen and oxygen atoms in total. The summed E-state index contributed by atoms with van der Waals surface area (Å²) in [6.07, 6.45) is 0.490. The Labute approximate surface area is 108 Å². The quantitative estimate of drug-likeness (QED) is 0.689. The van der Waals surface area contributed by atoms with Gasteiger partial charge in [-0.1, -0.05) is 13.8 Å². The van der Waals surface area contributed by atoms with E-state index in [2.05, 4.69) is 34.7 Å². The van der Waals surface area contributed by atoms with Gasteiger partial charge in [0.1, 0.15) is 11.6 Å². The molecule has 0 unspecified atom stereocenters. The van der Waals surface area contributed by atoms with Crippen LogP contribution in [-0.2, 0) is 18.4 Å². The van der Waals surface area contributed by atoms with Crippen LogP contribution in [0.25, 0.3) is 0 Å². The normalized spacial score (nSPS) is 10.9. The predicted octanol–water partition coefficient (Wildman–Crippen LogP) is 0.375. The maximum Gasteiger partial charge on any atom is 0.221 e. The van der Waals surface area contributed by atoms with Crippen LogP contribution < -0.4 is 10.6 Å². The van der Waals surface area contributed by atoms with Crippen LogP contribution in [0.3, 0.4) is 0 Å². The summed E-state index contributed by atoms with van der Waals surface area (Å²) in [7, 11) is 1.93. The summed E-state index contributed by atoms with van der Waals surface area (Å²) in [5.41, 5.74) is 0. The first-order chi connectivity index (χ1) is 8.50. The summed E-state index contributed by atoms with van der Waals surface area (Å²) in [4.78, 5) is 11.4. The number of carbonyl (C=O) groups is 1. The first-order valence-corrected chi connectivity index (χ1v) is 6.33. The topological polar surface area (TPSA) is 71.8 Å². The Kier molecular flexibility index (Phi) is 5.77. The van der Waals surface area contributed by atoms with E-state index in [1.807, 2.05) is 18.5 Å². The molecule has 0 aliphatic carbocycles. The fraction of sp³-hybridized carbons (Fsp3) is 0.750. The zero-order valence-corrected chi connectivity index (χ0v) is 11.7. The van der Waals surface area contributed by atoms with Gasteiger partial charge in [0, 0.05) is 26.6 Å². The Balaban J connectivity index is 2.15. The van der Waals surface area contributed by atoms with E-state index >= 15 is 0 Å². The number of carbonyl (C=O) groups excluding carboxylic acids is 1. The Morgan fingerprint density at radius 1 is 1.39 bits per heavy atom. The number of hydrogen-bond donors (Lipinski definition) is 2. The van der Waals surface area contributed by atoms with Gasteiger partial charge in [0.15, 0.2) is 0 Å². The zero-order chi connectivity index (χ0) is 13.5. The molecule has 2 N–H and O–H groups in total. The molecule has 0 saturated heterocycles. The molecule has 0 spiro atoms. The van der Waals surface area contributed by atoms with Crippen molar-refractivity contribution in [2.24, 2.45) is 13.0 Å². The molecular formula is C12H23N5O. The van der Waals surface area contributed by atoms with Crippen LogP contribution in [0.1, 0.15) is 31.9 Å². The summed E-state index contributed by atoms with van der Waals surface area (Å²) in [5, 5.41) is 14.1. The van der Waals surface area contributed by atoms with Gasteiger partial charge in [-0.25, -0.2) is 0 Å². The number of rotatable bonds is 7. The Morgan fingerprint density at radius 3 is 2.67 bits per heavy atom. The Bertz CT molecular complexity index is 386. The minimum absolute atomic E-state index is 0.0883. The standard InChI is InChI=1S/C12H23N5O/c1-9(2)7-14-12(18)5-6-13-8-11-16-15-10(3)17(11)4/h9,13H,5-8H2,1-4H3,(H,14,18). The zero-order valence-electron chi connectivity index (χ0n) is 11.7. The van der Waals surface area contributed by atoms with Crippen molar-refractivity contribution in [2.45, 2.75) is 33.7 Å². The van der Waals surface area contributed by atoms with Gasteiger partial charge in [-0.2, -0.15) is 0 Å². The predicted molar refractivity (Wildman–Crippen MR) is 69.9 cm³/mol. The van der Waals surface area contributed by atoms with Crippen molar-refractivity contribution in [3.63, 3.8) is 0 Å². The fourth-order valence-electron chi connectivity index (χ4n) is 1.41. The summed E-state index contributed by atoms with van der Waals surface area (Å²) < 4.78 is 1.94. The molecule has 102 valence electrons. The molecule has 6 heteroatoms. The number of nitrogens with one attached hydrogen (secondary N) is 2. The van der Waals surface area contributed by atoms with Crippen molar-refractivity contribution < 1.29 is 4.79 Å². The molecule has 1 heterocycles. The second-order valence-electron chi connectivity index (χ2n) is 4.85. The van der Waals surface area contributed by atoms with Crippen LogP contribution >= 0.6 is 0 Å². The SMILES string of the molecule is Cc1nnc(CNCCC(=O)NCC(C)C)n1C. The minimum atomic E-state index is 0.0883. The Morgan fingerprint density at radius 2 is 2.11 bits per heavy atom. The van der Waals surface area contributed by atoms with Gasteiger partial charge in [0.05, 0.1) is 6.54 Å². The van der Waals surface area contributed by atoms with Gasteiger partial charge in [0.2, 0.25) is 5.91 Å². The van der Waals surface area contributed by atoms with E-state index in [-0.39, 0.29) is 5.91 Å². The first kappa shape index (κ1) is 14.6. The average molecular weight is 253 g/mol. The van der Waals surface area contributed by atoms with Crippen LogP contribution in [0, 0.1) is 12.8 Å². The van der Waals surface area contributed by atoms with E-state index in [4.69, 9.17) is 0 Å². The lowest BCUT2D eigenvalue weighted by atomic mass is 10.2. The van der Waals surface area contributed by atoms with Crippen molar-refractivity contribution >= 4 is 5.91 Å². The highest BCUT2D eigenvalue weighted by atomic mass is 16.1. The summed E-state index contributed by atoms with van der Waals surface area (Å²) in [6, 6.07) is 0. The number of hydrogen-bond acceptors (Lipinski definition) is 4. The molecule has 0 atom stereocenters. The summed E-state index contributed by atoms with van der Waals surface area (Å²) in [5.74, 6) is 2.35. The van der Waals surface area contributed by atoms with Crippen LogP contribution in [-0.4, -0.2) is 33.8 Å². The molecular weight excluding hydrogens is 230 g/mol. The van der Waals surface area contributed by atoms with E-state index < -0.39 is 0 Å². The van der Waals surface area contributed by atoms with E-state index in [0.29, 0.717) is 25.4 Å². The second-order valence-corrected chi connectivity index (χ2v) is 4.85. The van der Waals surface area contributed by atoms with Crippen molar-refractivity contribution in [3.8, 4) is 0 Å². The largest absolute Gasteiger partial charge is 0.356 e. The van der Waals surface area contributed by atoms with Gasteiger partial charge >= 0.3 is 0 Å². The number of nitrogens with zero attached hydrogens (tertiary/aromatic N) is 3. The van der Waals surface area contributed by atoms with Crippen molar-refractivity contribution in [3.05, 3.63) is 11.6 Å². The number of aryl methyl sites for hydroxylation is 1. The fourth-order valence-corrected chi connectivity index (χ4v) is 1.41. The molecule has 0 aromatic carbocycles. The van der Waals surface area contributed by atoms with Gasteiger partial charge in [-0.05, 0) is 12.8 Å². The molecule has 0 radical (unpaired) electrons. The third-order valence-corrected chi connectivity index (χ3v) is 2.70. The lowest BCUT2D eigenvalue weighted by molar-refractivity contribution is -0.121. The third-order valence-electron chi connectivity index (χ3n) is 2.70. The van der Waals surface area contributed by atoms with E-state index in [1.54, 1.807) is 0 Å². The maximum atomic E-state index is 11.4. The minimum Gasteiger partial charge on any atom is -0.356 e. The second kappa shape index (κ2) is 7.10. The molecule has 0 aliphatic rings. The number of aromatic nitrogens is 3. The van der Waals surface area contributed by atoms with Crippen molar-refractivity contribution in [2.75, 3.05) is 13.1 Å². The highest BCUT2D eigenvalue weighted by Gasteiger charge is 2.05. The molecule has 1 aromatic heterocycles. The summed E-state index contributed by atoms with van der Waals surface area (Å²) in [6.45, 7) is 8.09. The van der Waals surface area contributed by atoms with Gasteiger partial charge in [0.25, 0.3) is 0 Å². The highest BCUT2D eigenvalue weighted by molar-refractivity contribution is 5.76. The van der Waals surface area contributed by atoms with Gasteiger partial charge in [-0.3, -0.25) is 4.79 Å². The molecule has 0 saturated carbocycles. The van der Waals surface area contributed by atoms with E-state index in [1.165, 1.54) is 0 Å². The van der Waals surface area contributed by atoms with Gasteiger partial charge < -0.3 is 15.2 Å². The molecule has 0 aliphatic heterocycles. The first-order valence-electron chi connectivity index (χ1n) is 6.33. The lowest BCUT2D eigenvalue weighted by Crippen LogP contribution is -2.30. The van der Waals surface area contributed by atoms with Crippen LogP contribution in [0.2, 0.25) is 0 Å². The maximum absolute atomic E-state index is 11.4. The summed E-state index contributed by atoms with van der Waals surface area (Å²) >= 11 is 0. The molecule has 0 bridgehead atoms. The van der Waals surface area contributed by atoms with Gasteiger partial charge in [-0.15, -0.1) is 10.2 Å².